The average molecular weight is 234 g/mol. The molecule has 0 aromatic carbocycles. The molecule has 2 aliphatic carbocycles. The van der Waals surface area contributed by atoms with Crippen LogP contribution in [0.5, 0.6) is 0 Å². The SMILES string of the molecule is CC1CC2=C(CCCCCCCCCC2)C1=O. The zero-order chi connectivity index (χ0) is 12.1. The van der Waals surface area contributed by atoms with E-state index in [1.807, 2.05) is 0 Å². The largest absolute Gasteiger partial charge is 0.294 e. The van der Waals surface area contributed by atoms with Gasteiger partial charge in [-0.1, -0.05) is 51.0 Å². The fourth-order valence-electron chi connectivity index (χ4n) is 3.31. The second-order valence-corrected chi connectivity index (χ2v) is 5.88. The first-order valence-electron chi connectivity index (χ1n) is 7.54. The molecule has 1 atom stereocenters. The molecular weight excluding hydrogens is 208 g/mol. The molecular formula is C16H26O. The van der Waals surface area contributed by atoms with Crippen LogP contribution < -0.4 is 0 Å². The lowest BCUT2D eigenvalue weighted by Crippen LogP contribution is -2.05. The molecule has 0 spiro atoms. The second kappa shape index (κ2) is 6.37. The van der Waals surface area contributed by atoms with Crippen LogP contribution in [0.1, 0.15) is 77.6 Å². The van der Waals surface area contributed by atoms with Gasteiger partial charge in [0.05, 0.1) is 0 Å². The lowest BCUT2D eigenvalue weighted by molar-refractivity contribution is -0.118. The van der Waals surface area contributed by atoms with E-state index >= 15 is 0 Å². The summed E-state index contributed by atoms with van der Waals surface area (Å²) in [6.45, 7) is 2.10. The molecule has 0 aromatic heterocycles. The maximum Gasteiger partial charge on any atom is 0.161 e. The highest BCUT2D eigenvalue weighted by Gasteiger charge is 2.28. The van der Waals surface area contributed by atoms with Crippen molar-refractivity contribution < 1.29 is 4.79 Å². The molecule has 0 amide bonds. The highest BCUT2D eigenvalue weighted by atomic mass is 16.1. The Labute approximate surface area is 106 Å². The van der Waals surface area contributed by atoms with Crippen LogP contribution in [0.3, 0.4) is 0 Å². The molecule has 0 aliphatic heterocycles. The molecule has 0 bridgehead atoms. The molecule has 1 nitrogen and oxygen atoms in total. The summed E-state index contributed by atoms with van der Waals surface area (Å²) in [4.78, 5) is 12.1. The Morgan fingerprint density at radius 2 is 1.35 bits per heavy atom. The molecule has 2 aliphatic rings. The lowest BCUT2D eigenvalue weighted by Gasteiger charge is -2.09. The van der Waals surface area contributed by atoms with E-state index < -0.39 is 0 Å². The summed E-state index contributed by atoms with van der Waals surface area (Å²) in [5, 5.41) is 0. The third-order valence-corrected chi connectivity index (χ3v) is 4.38. The zero-order valence-electron chi connectivity index (χ0n) is 11.3. The monoisotopic (exact) mass is 234 g/mol. The molecule has 0 radical (unpaired) electrons. The average Bonchev–Trinajstić information content (AvgIpc) is 2.56. The van der Waals surface area contributed by atoms with Crippen molar-refractivity contribution in [3.8, 4) is 0 Å². The van der Waals surface area contributed by atoms with Crippen molar-refractivity contribution in [2.45, 2.75) is 77.6 Å². The quantitative estimate of drug-likeness (QED) is 0.588. The highest BCUT2D eigenvalue weighted by Crippen LogP contribution is 2.34. The van der Waals surface area contributed by atoms with Gasteiger partial charge in [-0.3, -0.25) is 4.79 Å². The smallest absolute Gasteiger partial charge is 0.161 e. The molecule has 1 unspecified atom stereocenters. The molecule has 0 heterocycles. The van der Waals surface area contributed by atoms with Crippen LogP contribution in [-0.2, 0) is 4.79 Å². The number of rotatable bonds is 0. The van der Waals surface area contributed by atoms with E-state index in [1.165, 1.54) is 68.9 Å². The number of allylic oxidation sites excluding steroid dienone is 2. The number of carbonyl (C=O) groups is 1. The van der Waals surface area contributed by atoms with E-state index in [0.717, 1.165) is 12.8 Å². The van der Waals surface area contributed by atoms with Crippen LogP contribution >= 0.6 is 0 Å². The third kappa shape index (κ3) is 3.43. The lowest BCUT2D eigenvalue weighted by atomic mass is 9.96. The summed E-state index contributed by atoms with van der Waals surface area (Å²) in [6.07, 6.45) is 14.1. The van der Waals surface area contributed by atoms with Gasteiger partial charge in [0.2, 0.25) is 0 Å². The van der Waals surface area contributed by atoms with E-state index in [-0.39, 0.29) is 5.92 Å². The van der Waals surface area contributed by atoms with Gasteiger partial charge in [0.15, 0.2) is 5.78 Å². The Balaban J connectivity index is 2.00. The fraction of sp³-hybridized carbons (Fsp3) is 0.812. The van der Waals surface area contributed by atoms with Crippen molar-refractivity contribution in [2.75, 3.05) is 0 Å². The van der Waals surface area contributed by atoms with Gasteiger partial charge >= 0.3 is 0 Å². The number of hydrogen-bond donors (Lipinski definition) is 0. The van der Waals surface area contributed by atoms with Crippen LogP contribution in [0.25, 0.3) is 0 Å². The van der Waals surface area contributed by atoms with Gasteiger partial charge in [0.25, 0.3) is 0 Å². The normalized spacial score (nSPS) is 28.5. The van der Waals surface area contributed by atoms with E-state index in [2.05, 4.69) is 6.92 Å². The molecule has 1 heteroatoms. The van der Waals surface area contributed by atoms with E-state index in [1.54, 1.807) is 0 Å². The molecule has 0 fully saturated rings. The number of ketones is 1. The Bertz CT molecular complexity index is 301. The van der Waals surface area contributed by atoms with Gasteiger partial charge in [-0.2, -0.15) is 0 Å². The van der Waals surface area contributed by atoms with E-state index in [9.17, 15) is 4.79 Å². The van der Waals surface area contributed by atoms with Crippen molar-refractivity contribution in [3.63, 3.8) is 0 Å². The Hall–Kier alpha value is -0.590. The summed E-state index contributed by atoms with van der Waals surface area (Å²) < 4.78 is 0. The predicted octanol–water partition coefficient (Wildman–Crippen LogP) is 4.81. The summed E-state index contributed by atoms with van der Waals surface area (Å²) in [5.41, 5.74) is 2.75. The van der Waals surface area contributed by atoms with Crippen LogP contribution in [0.15, 0.2) is 11.1 Å². The fourth-order valence-corrected chi connectivity index (χ4v) is 3.31. The number of carbonyl (C=O) groups excluding carboxylic acids is 1. The van der Waals surface area contributed by atoms with Crippen molar-refractivity contribution in [2.24, 2.45) is 5.92 Å². The summed E-state index contributed by atoms with van der Waals surface area (Å²) in [7, 11) is 0. The third-order valence-electron chi connectivity index (χ3n) is 4.38. The maximum absolute atomic E-state index is 12.1. The van der Waals surface area contributed by atoms with E-state index in [0.29, 0.717) is 5.78 Å². The standard InChI is InChI=1S/C16H26O/c1-13-12-14-10-8-6-4-2-3-5-7-9-11-15(14)16(13)17/h13H,2-12H2,1H3. The first kappa shape index (κ1) is 12.9. The van der Waals surface area contributed by atoms with Gasteiger partial charge in [-0.15, -0.1) is 0 Å². The van der Waals surface area contributed by atoms with Crippen LogP contribution in [0.2, 0.25) is 0 Å². The van der Waals surface area contributed by atoms with Crippen LogP contribution in [0.4, 0.5) is 0 Å². The molecule has 17 heavy (non-hydrogen) atoms. The molecule has 0 saturated carbocycles. The van der Waals surface area contributed by atoms with Crippen LogP contribution in [-0.4, -0.2) is 5.78 Å². The summed E-state index contributed by atoms with van der Waals surface area (Å²) >= 11 is 0. The van der Waals surface area contributed by atoms with Gasteiger partial charge in [-0.25, -0.2) is 0 Å². The number of Topliss-reactive ketones (excluding diaryl/α,β-unsaturated/α-hetero) is 1. The van der Waals surface area contributed by atoms with Crippen molar-refractivity contribution in [3.05, 3.63) is 11.1 Å². The van der Waals surface area contributed by atoms with Gasteiger partial charge in [-0.05, 0) is 37.7 Å². The van der Waals surface area contributed by atoms with Gasteiger partial charge in [0.1, 0.15) is 0 Å². The van der Waals surface area contributed by atoms with Crippen molar-refractivity contribution >= 4 is 5.78 Å². The highest BCUT2D eigenvalue weighted by molar-refractivity contribution is 6.00. The molecule has 96 valence electrons. The zero-order valence-corrected chi connectivity index (χ0v) is 11.3. The minimum Gasteiger partial charge on any atom is -0.294 e. The Morgan fingerprint density at radius 1 is 0.824 bits per heavy atom. The molecule has 2 rings (SSSR count). The van der Waals surface area contributed by atoms with Gasteiger partial charge in [0, 0.05) is 5.92 Å². The minimum atomic E-state index is 0.283. The second-order valence-electron chi connectivity index (χ2n) is 5.88. The Kier molecular flexibility index (Phi) is 4.82. The van der Waals surface area contributed by atoms with Gasteiger partial charge < -0.3 is 0 Å². The van der Waals surface area contributed by atoms with Crippen molar-refractivity contribution in [1.82, 2.24) is 0 Å². The summed E-state index contributed by atoms with van der Waals surface area (Å²) in [5.74, 6) is 0.752. The maximum atomic E-state index is 12.1. The Morgan fingerprint density at radius 3 is 2.00 bits per heavy atom. The topological polar surface area (TPSA) is 17.1 Å². The number of hydrogen-bond acceptors (Lipinski definition) is 1. The van der Waals surface area contributed by atoms with Crippen molar-refractivity contribution in [1.29, 1.82) is 0 Å². The first-order valence-corrected chi connectivity index (χ1v) is 7.54. The summed E-state index contributed by atoms with van der Waals surface area (Å²) in [6, 6.07) is 0. The van der Waals surface area contributed by atoms with Crippen LogP contribution in [0, 0.1) is 5.92 Å². The predicted molar refractivity (Wildman–Crippen MR) is 72.0 cm³/mol. The first-order chi connectivity index (χ1) is 8.29. The molecule has 0 N–H and O–H groups in total. The molecule has 0 saturated heterocycles. The minimum absolute atomic E-state index is 0.283. The van der Waals surface area contributed by atoms with E-state index in [4.69, 9.17) is 0 Å². The molecule has 0 aromatic rings.